The third kappa shape index (κ3) is 4.21. The molecule has 0 radical (unpaired) electrons. The van der Waals surface area contributed by atoms with Gasteiger partial charge in [0.1, 0.15) is 0 Å². The summed E-state index contributed by atoms with van der Waals surface area (Å²) in [5, 5.41) is 11.0. The van der Waals surface area contributed by atoms with Crippen LogP contribution in [0.5, 0.6) is 0 Å². The second kappa shape index (κ2) is 5.74. The van der Waals surface area contributed by atoms with E-state index in [1.54, 1.807) is 12.1 Å². The fourth-order valence-corrected chi connectivity index (χ4v) is 1.05. The Bertz CT molecular complexity index is 338. The van der Waals surface area contributed by atoms with E-state index in [4.69, 9.17) is 5.11 Å². The summed E-state index contributed by atoms with van der Waals surface area (Å²) in [7, 11) is 0. The summed E-state index contributed by atoms with van der Waals surface area (Å²) in [6.45, 7) is 0.369. The molecule has 0 spiro atoms. The SMILES string of the molecule is O=C(O)CCCNC(=O)c1ccncc1. The summed E-state index contributed by atoms with van der Waals surface area (Å²) in [5.74, 6) is -1.06. The summed E-state index contributed by atoms with van der Waals surface area (Å²) in [4.78, 5) is 25.4. The van der Waals surface area contributed by atoms with Gasteiger partial charge in [0, 0.05) is 30.9 Å². The third-order valence-corrected chi connectivity index (χ3v) is 1.80. The average Bonchev–Trinajstić information content (AvgIpc) is 2.25. The maximum atomic E-state index is 11.4. The average molecular weight is 208 g/mol. The number of nitrogens with zero attached hydrogens (tertiary/aromatic N) is 1. The molecule has 5 heteroatoms. The molecule has 15 heavy (non-hydrogen) atoms. The number of carbonyl (C=O) groups excluding carboxylic acids is 1. The van der Waals surface area contributed by atoms with E-state index in [1.165, 1.54) is 12.4 Å². The van der Waals surface area contributed by atoms with Gasteiger partial charge in [-0.05, 0) is 18.6 Å². The Labute approximate surface area is 87.1 Å². The molecule has 0 aliphatic heterocycles. The van der Waals surface area contributed by atoms with Crippen molar-refractivity contribution in [1.82, 2.24) is 10.3 Å². The zero-order chi connectivity index (χ0) is 11.1. The lowest BCUT2D eigenvalue weighted by Gasteiger charge is -2.03. The quantitative estimate of drug-likeness (QED) is 0.697. The van der Waals surface area contributed by atoms with Crippen LogP contribution in [-0.2, 0) is 4.79 Å². The Hall–Kier alpha value is -1.91. The number of hydrogen-bond acceptors (Lipinski definition) is 3. The molecule has 1 amide bonds. The lowest BCUT2D eigenvalue weighted by Crippen LogP contribution is -2.24. The normalized spacial score (nSPS) is 9.60. The number of amides is 1. The van der Waals surface area contributed by atoms with Crippen molar-refractivity contribution in [2.75, 3.05) is 6.54 Å². The first-order valence-electron chi connectivity index (χ1n) is 4.60. The Morgan fingerprint density at radius 2 is 2.00 bits per heavy atom. The fourth-order valence-electron chi connectivity index (χ4n) is 1.05. The Morgan fingerprint density at radius 1 is 1.33 bits per heavy atom. The Morgan fingerprint density at radius 3 is 2.60 bits per heavy atom. The number of carbonyl (C=O) groups is 2. The number of carboxylic acids is 1. The van der Waals surface area contributed by atoms with E-state index in [9.17, 15) is 9.59 Å². The highest BCUT2D eigenvalue weighted by atomic mass is 16.4. The van der Waals surface area contributed by atoms with E-state index in [0.717, 1.165) is 0 Å². The van der Waals surface area contributed by atoms with Crippen molar-refractivity contribution < 1.29 is 14.7 Å². The zero-order valence-corrected chi connectivity index (χ0v) is 8.14. The molecule has 5 nitrogen and oxygen atoms in total. The van der Waals surface area contributed by atoms with E-state index >= 15 is 0 Å². The van der Waals surface area contributed by atoms with Crippen LogP contribution in [0.15, 0.2) is 24.5 Å². The third-order valence-electron chi connectivity index (χ3n) is 1.80. The van der Waals surface area contributed by atoms with Crippen LogP contribution in [0.3, 0.4) is 0 Å². The summed E-state index contributed by atoms with van der Waals surface area (Å²) in [5.41, 5.74) is 0.528. The lowest BCUT2D eigenvalue weighted by atomic mass is 10.2. The zero-order valence-electron chi connectivity index (χ0n) is 8.14. The number of pyridine rings is 1. The molecule has 0 fully saturated rings. The van der Waals surface area contributed by atoms with Gasteiger partial charge in [0.05, 0.1) is 0 Å². The number of aliphatic carboxylic acids is 1. The highest BCUT2D eigenvalue weighted by molar-refractivity contribution is 5.93. The lowest BCUT2D eigenvalue weighted by molar-refractivity contribution is -0.137. The molecule has 0 aromatic carbocycles. The number of hydrogen-bond donors (Lipinski definition) is 2. The molecule has 2 N–H and O–H groups in total. The van der Waals surface area contributed by atoms with Crippen LogP contribution in [0.4, 0.5) is 0 Å². The maximum absolute atomic E-state index is 11.4. The van der Waals surface area contributed by atoms with E-state index in [-0.39, 0.29) is 12.3 Å². The van der Waals surface area contributed by atoms with E-state index < -0.39 is 5.97 Å². The number of carboxylic acid groups (broad SMARTS) is 1. The molecule has 1 aromatic rings. The van der Waals surface area contributed by atoms with Crippen LogP contribution in [0, 0.1) is 0 Å². The minimum Gasteiger partial charge on any atom is -0.481 e. The monoisotopic (exact) mass is 208 g/mol. The van der Waals surface area contributed by atoms with Crippen LogP contribution in [0.2, 0.25) is 0 Å². The molecule has 0 aliphatic carbocycles. The van der Waals surface area contributed by atoms with Gasteiger partial charge in [0.15, 0.2) is 0 Å². The van der Waals surface area contributed by atoms with Gasteiger partial charge in [0.2, 0.25) is 0 Å². The van der Waals surface area contributed by atoms with Gasteiger partial charge in [-0.3, -0.25) is 14.6 Å². The topological polar surface area (TPSA) is 79.3 Å². The van der Waals surface area contributed by atoms with Crippen molar-refractivity contribution in [3.8, 4) is 0 Å². The summed E-state index contributed by atoms with van der Waals surface area (Å²) < 4.78 is 0. The van der Waals surface area contributed by atoms with Crippen LogP contribution >= 0.6 is 0 Å². The van der Waals surface area contributed by atoms with Crippen molar-refractivity contribution in [3.63, 3.8) is 0 Å². The maximum Gasteiger partial charge on any atom is 0.303 e. The van der Waals surface area contributed by atoms with E-state index in [2.05, 4.69) is 10.3 Å². The van der Waals surface area contributed by atoms with Crippen LogP contribution in [0.1, 0.15) is 23.2 Å². The highest BCUT2D eigenvalue weighted by Gasteiger charge is 2.03. The van der Waals surface area contributed by atoms with Crippen molar-refractivity contribution in [2.45, 2.75) is 12.8 Å². The van der Waals surface area contributed by atoms with Gasteiger partial charge < -0.3 is 10.4 Å². The fraction of sp³-hybridized carbons (Fsp3) is 0.300. The predicted octanol–water partition coefficient (Wildman–Crippen LogP) is 0.676. The minimum atomic E-state index is -0.854. The van der Waals surface area contributed by atoms with Gasteiger partial charge >= 0.3 is 5.97 Å². The first-order valence-corrected chi connectivity index (χ1v) is 4.60. The summed E-state index contributed by atoms with van der Waals surface area (Å²) in [6, 6.07) is 3.21. The van der Waals surface area contributed by atoms with Gasteiger partial charge in [0.25, 0.3) is 5.91 Å². The van der Waals surface area contributed by atoms with E-state index in [0.29, 0.717) is 18.5 Å². The largest absolute Gasteiger partial charge is 0.481 e. The molecule has 0 bridgehead atoms. The summed E-state index contributed by atoms with van der Waals surface area (Å²) in [6.07, 6.45) is 3.57. The van der Waals surface area contributed by atoms with Crippen molar-refractivity contribution in [3.05, 3.63) is 30.1 Å². The molecule has 1 aromatic heterocycles. The van der Waals surface area contributed by atoms with Gasteiger partial charge in [-0.25, -0.2) is 0 Å². The first kappa shape index (κ1) is 11.2. The Kier molecular flexibility index (Phi) is 4.28. The minimum absolute atomic E-state index is 0.0661. The van der Waals surface area contributed by atoms with Crippen molar-refractivity contribution in [2.24, 2.45) is 0 Å². The number of aromatic nitrogens is 1. The molecule has 1 heterocycles. The second-order valence-corrected chi connectivity index (χ2v) is 2.99. The number of nitrogens with one attached hydrogen (secondary N) is 1. The van der Waals surface area contributed by atoms with Crippen molar-refractivity contribution in [1.29, 1.82) is 0 Å². The van der Waals surface area contributed by atoms with E-state index in [1.807, 2.05) is 0 Å². The molecule has 0 saturated carbocycles. The van der Waals surface area contributed by atoms with Crippen LogP contribution in [-0.4, -0.2) is 28.5 Å². The molecule has 0 aliphatic rings. The molecular weight excluding hydrogens is 196 g/mol. The molecule has 0 saturated heterocycles. The number of rotatable bonds is 5. The van der Waals surface area contributed by atoms with Gasteiger partial charge in [-0.1, -0.05) is 0 Å². The highest BCUT2D eigenvalue weighted by Crippen LogP contribution is 1.95. The standard InChI is InChI=1S/C10H12N2O3/c13-9(14)2-1-5-12-10(15)8-3-6-11-7-4-8/h3-4,6-7H,1-2,5H2,(H,12,15)(H,13,14). The molecule has 0 atom stereocenters. The first-order chi connectivity index (χ1) is 7.20. The van der Waals surface area contributed by atoms with Gasteiger partial charge in [-0.2, -0.15) is 0 Å². The Balaban J connectivity index is 2.28. The molecule has 1 rings (SSSR count). The van der Waals surface area contributed by atoms with Crippen molar-refractivity contribution >= 4 is 11.9 Å². The van der Waals surface area contributed by atoms with Crippen LogP contribution in [0.25, 0.3) is 0 Å². The van der Waals surface area contributed by atoms with Crippen LogP contribution < -0.4 is 5.32 Å². The smallest absolute Gasteiger partial charge is 0.303 e. The predicted molar refractivity (Wildman–Crippen MR) is 53.4 cm³/mol. The van der Waals surface area contributed by atoms with Gasteiger partial charge in [-0.15, -0.1) is 0 Å². The summed E-state index contributed by atoms with van der Waals surface area (Å²) >= 11 is 0. The molecule has 0 unspecified atom stereocenters. The molecule has 80 valence electrons. The second-order valence-electron chi connectivity index (χ2n) is 2.99. The molecular formula is C10H12N2O3.